The van der Waals surface area contributed by atoms with Crippen LogP contribution in [0.1, 0.15) is 20.6 Å². The Morgan fingerprint density at radius 3 is 2.57 bits per heavy atom. The average Bonchev–Trinajstić information content (AvgIpc) is 3.36. The molecule has 2 aliphatic heterocycles. The number of nitrogens with zero attached hydrogens (tertiary/aromatic N) is 3. The summed E-state index contributed by atoms with van der Waals surface area (Å²) in [6.07, 6.45) is 0. The minimum absolute atomic E-state index is 0.00544. The molecule has 0 radical (unpaired) electrons. The number of benzene rings is 1. The third-order valence-corrected chi connectivity index (χ3v) is 7.82. The number of halogens is 1. The van der Waals surface area contributed by atoms with Gasteiger partial charge in [0.05, 0.1) is 16.3 Å². The predicted octanol–water partition coefficient (Wildman–Crippen LogP) is 3.43. The molecule has 1 aromatic carbocycles. The molecule has 2 amide bonds. The van der Waals surface area contributed by atoms with Crippen LogP contribution in [0.3, 0.4) is 0 Å². The van der Waals surface area contributed by atoms with Crippen molar-refractivity contribution in [3.63, 3.8) is 0 Å². The lowest BCUT2D eigenvalue weighted by molar-refractivity contribution is -0.128. The van der Waals surface area contributed by atoms with E-state index >= 15 is 0 Å². The standard InChI is InChI=1S/C20H22ClN3O2S2/c21-16-5-2-1-4-15(16)19(26)23-10-7-22(8-11-23)9-12-24-18(25)14-28-20(24)17-6-3-13-27-17/h1-6,13,20H,7-12,14H2. The molecule has 1 atom stereocenters. The first-order valence-corrected chi connectivity index (χ1v) is 11.6. The topological polar surface area (TPSA) is 43.9 Å². The third-order valence-electron chi connectivity index (χ3n) is 5.18. The maximum Gasteiger partial charge on any atom is 0.255 e. The van der Waals surface area contributed by atoms with Gasteiger partial charge in [0, 0.05) is 44.1 Å². The van der Waals surface area contributed by atoms with Crippen molar-refractivity contribution < 1.29 is 9.59 Å². The maximum atomic E-state index is 12.7. The van der Waals surface area contributed by atoms with Crippen LogP contribution in [0.15, 0.2) is 41.8 Å². The van der Waals surface area contributed by atoms with Crippen molar-refractivity contribution in [1.82, 2.24) is 14.7 Å². The molecule has 0 spiro atoms. The van der Waals surface area contributed by atoms with E-state index in [1.165, 1.54) is 4.88 Å². The van der Waals surface area contributed by atoms with E-state index in [2.05, 4.69) is 16.3 Å². The zero-order chi connectivity index (χ0) is 19.5. The highest BCUT2D eigenvalue weighted by Crippen LogP contribution is 2.40. The molecule has 0 saturated carbocycles. The van der Waals surface area contributed by atoms with Crippen molar-refractivity contribution >= 4 is 46.5 Å². The zero-order valence-electron chi connectivity index (χ0n) is 15.4. The van der Waals surface area contributed by atoms with E-state index in [-0.39, 0.29) is 17.2 Å². The Bertz CT molecular complexity index is 838. The molecule has 3 heterocycles. The highest BCUT2D eigenvalue weighted by atomic mass is 35.5. The maximum absolute atomic E-state index is 12.7. The summed E-state index contributed by atoms with van der Waals surface area (Å²) in [7, 11) is 0. The van der Waals surface area contributed by atoms with Gasteiger partial charge < -0.3 is 9.80 Å². The van der Waals surface area contributed by atoms with Crippen LogP contribution in [0, 0.1) is 0 Å². The Morgan fingerprint density at radius 1 is 1.07 bits per heavy atom. The molecule has 2 aromatic rings. The molecule has 8 heteroatoms. The van der Waals surface area contributed by atoms with E-state index in [1.54, 1.807) is 35.2 Å². The van der Waals surface area contributed by atoms with Crippen molar-refractivity contribution in [3.05, 3.63) is 57.2 Å². The predicted molar refractivity (Wildman–Crippen MR) is 115 cm³/mol. The second-order valence-corrected chi connectivity index (χ2v) is 9.33. The van der Waals surface area contributed by atoms with Gasteiger partial charge in [0.2, 0.25) is 5.91 Å². The molecule has 2 fully saturated rings. The number of thioether (sulfide) groups is 1. The molecular formula is C20H22ClN3O2S2. The largest absolute Gasteiger partial charge is 0.336 e. The Hall–Kier alpha value is -1.54. The summed E-state index contributed by atoms with van der Waals surface area (Å²) >= 11 is 9.58. The van der Waals surface area contributed by atoms with Gasteiger partial charge in [-0.15, -0.1) is 23.1 Å². The summed E-state index contributed by atoms with van der Waals surface area (Å²) in [5.74, 6) is 0.771. The molecule has 4 rings (SSSR count). The fourth-order valence-electron chi connectivity index (χ4n) is 3.59. The second kappa shape index (κ2) is 8.86. The van der Waals surface area contributed by atoms with Gasteiger partial charge in [-0.1, -0.05) is 29.8 Å². The summed E-state index contributed by atoms with van der Waals surface area (Å²) in [5, 5.41) is 2.71. The first-order valence-electron chi connectivity index (χ1n) is 9.34. The molecule has 0 aliphatic carbocycles. The fraction of sp³-hybridized carbons (Fsp3) is 0.400. The van der Waals surface area contributed by atoms with Crippen LogP contribution >= 0.6 is 34.7 Å². The van der Waals surface area contributed by atoms with Gasteiger partial charge in [0.1, 0.15) is 5.37 Å². The Balaban J connectivity index is 1.29. The SMILES string of the molecule is O=C(c1ccccc1Cl)N1CCN(CCN2C(=O)CSC2c2cccs2)CC1. The van der Waals surface area contributed by atoms with Gasteiger partial charge in [-0.25, -0.2) is 0 Å². The Labute approximate surface area is 178 Å². The van der Waals surface area contributed by atoms with Crippen molar-refractivity contribution in [1.29, 1.82) is 0 Å². The van der Waals surface area contributed by atoms with Crippen LogP contribution in [-0.4, -0.2) is 71.5 Å². The number of hydrogen-bond donors (Lipinski definition) is 0. The van der Waals surface area contributed by atoms with E-state index < -0.39 is 0 Å². The molecule has 0 bridgehead atoms. The van der Waals surface area contributed by atoms with Crippen LogP contribution in [0.2, 0.25) is 5.02 Å². The van der Waals surface area contributed by atoms with E-state index in [1.807, 2.05) is 28.0 Å². The minimum atomic E-state index is -0.00544. The molecular weight excluding hydrogens is 414 g/mol. The van der Waals surface area contributed by atoms with Gasteiger partial charge in [0.15, 0.2) is 0 Å². The Morgan fingerprint density at radius 2 is 1.86 bits per heavy atom. The first-order chi connectivity index (χ1) is 13.6. The summed E-state index contributed by atoms with van der Waals surface area (Å²) in [5.41, 5.74) is 0.566. The number of thiophene rings is 1. The molecule has 28 heavy (non-hydrogen) atoms. The second-order valence-electron chi connectivity index (χ2n) is 6.88. The van der Waals surface area contributed by atoms with Crippen LogP contribution in [0.5, 0.6) is 0 Å². The van der Waals surface area contributed by atoms with Crippen molar-refractivity contribution in [2.24, 2.45) is 0 Å². The summed E-state index contributed by atoms with van der Waals surface area (Å²) < 4.78 is 0. The lowest BCUT2D eigenvalue weighted by atomic mass is 10.2. The van der Waals surface area contributed by atoms with Crippen LogP contribution in [-0.2, 0) is 4.79 Å². The number of rotatable bonds is 5. The molecule has 148 valence electrons. The van der Waals surface area contributed by atoms with E-state index in [0.29, 0.717) is 29.4 Å². The van der Waals surface area contributed by atoms with Crippen molar-refractivity contribution in [2.75, 3.05) is 45.0 Å². The lowest BCUT2D eigenvalue weighted by Gasteiger charge is -2.36. The van der Waals surface area contributed by atoms with Gasteiger partial charge in [-0.2, -0.15) is 0 Å². The van der Waals surface area contributed by atoms with Crippen molar-refractivity contribution in [3.8, 4) is 0 Å². The molecule has 1 aromatic heterocycles. The third kappa shape index (κ3) is 4.22. The number of amides is 2. The fourth-order valence-corrected chi connectivity index (χ4v) is 6.01. The lowest BCUT2D eigenvalue weighted by Crippen LogP contribution is -2.50. The van der Waals surface area contributed by atoms with E-state index in [4.69, 9.17) is 11.6 Å². The van der Waals surface area contributed by atoms with E-state index in [0.717, 1.165) is 26.2 Å². The highest BCUT2D eigenvalue weighted by Gasteiger charge is 2.33. The van der Waals surface area contributed by atoms with Gasteiger partial charge in [-0.3, -0.25) is 14.5 Å². The molecule has 0 N–H and O–H groups in total. The quantitative estimate of drug-likeness (QED) is 0.721. The monoisotopic (exact) mass is 435 g/mol. The summed E-state index contributed by atoms with van der Waals surface area (Å²) in [6, 6.07) is 11.3. The van der Waals surface area contributed by atoms with Crippen LogP contribution in [0.25, 0.3) is 0 Å². The minimum Gasteiger partial charge on any atom is -0.336 e. The number of carbonyl (C=O) groups excluding carboxylic acids is 2. The molecule has 1 unspecified atom stereocenters. The molecule has 2 saturated heterocycles. The molecule has 2 aliphatic rings. The first kappa shape index (κ1) is 19.8. The van der Waals surface area contributed by atoms with Crippen LogP contribution < -0.4 is 0 Å². The van der Waals surface area contributed by atoms with Gasteiger partial charge in [-0.05, 0) is 23.6 Å². The van der Waals surface area contributed by atoms with E-state index in [9.17, 15) is 9.59 Å². The number of carbonyl (C=O) groups is 2. The van der Waals surface area contributed by atoms with Gasteiger partial charge in [0.25, 0.3) is 5.91 Å². The average molecular weight is 436 g/mol. The number of hydrogen-bond acceptors (Lipinski definition) is 5. The Kier molecular flexibility index (Phi) is 6.25. The zero-order valence-corrected chi connectivity index (χ0v) is 17.8. The van der Waals surface area contributed by atoms with Crippen molar-refractivity contribution in [2.45, 2.75) is 5.37 Å². The smallest absolute Gasteiger partial charge is 0.255 e. The summed E-state index contributed by atoms with van der Waals surface area (Å²) in [4.78, 5) is 32.4. The summed E-state index contributed by atoms with van der Waals surface area (Å²) in [6.45, 7) is 4.56. The number of piperazine rings is 1. The van der Waals surface area contributed by atoms with Gasteiger partial charge >= 0.3 is 0 Å². The normalized spacial score (nSPS) is 20.8. The highest BCUT2D eigenvalue weighted by molar-refractivity contribution is 8.00. The van der Waals surface area contributed by atoms with Crippen LogP contribution in [0.4, 0.5) is 0 Å². The molecule has 5 nitrogen and oxygen atoms in total.